The van der Waals surface area contributed by atoms with E-state index in [0.717, 1.165) is 18.1 Å². The van der Waals surface area contributed by atoms with E-state index < -0.39 is 0 Å². The molecule has 0 aromatic carbocycles. The van der Waals surface area contributed by atoms with Gasteiger partial charge in [-0.2, -0.15) is 0 Å². The van der Waals surface area contributed by atoms with Gasteiger partial charge in [0.15, 0.2) is 0 Å². The predicted molar refractivity (Wildman–Crippen MR) is 62.1 cm³/mol. The van der Waals surface area contributed by atoms with Crippen LogP contribution < -0.4 is 5.32 Å². The fraction of sp³-hybridized carbons (Fsp3) is 0.667. The molecule has 0 radical (unpaired) electrons. The molecule has 1 aliphatic rings. The average molecular weight is 205 g/mol. The van der Waals surface area contributed by atoms with Crippen molar-refractivity contribution in [2.45, 2.75) is 52.0 Å². The zero-order chi connectivity index (χ0) is 10.8. The van der Waals surface area contributed by atoms with E-state index in [1.54, 1.807) is 0 Å². The number of rotatable bonds is 4. The summed E-state index contributed by atoms with van der Waals surface area (Å²) in [5.74, 6) is 1.50. The van der Waals surface area contributed by atoms with Crippen LogP contribution in [-0.4, -0.2) is 16.0 Å². The summed E-state index contributed by atoms with van der Waals surface area (Å²) in [6.07, 6.45) is 3.68. The predicted octanol–water partition coefficient (Wildman–Crippen LogP) is 2.87. The molecule has 0 aliphatic heterocycles. The average Bonchev–Trinajstić information content (AvgIpc) is 2.99. The van der Waals surface area contributed by atoms with Crippen LogP contribution in [0.15, 0.2) is 6.07 Å². The Balaban J connectivity index is 2.15. The van der Waals surface area contributed by atoms with E-state index in [1.807, 2.05) is 6.92 Å². The Morgan fingerprint density at radius 1 is 1.47 bits per heavy atom. The third-order valence-electron chi connectivity index (χ3n) is 2.86. The maximum Gasteiger partial charge on any atom is 0.223 e. The second kappa shape index (κ2) is 4.17. The van der Waals surface area contributed by atoms with Crippen LogP contribution >= 0.6 is 0 Å². The number of nitrogens with zero attached hydrogens (tertiary/aromatic N) is 2. The molecule has 1 saturated carbocycles. The van der Waals surface area contributed by atoms with Crippen molar-refractivity contribution in [1.29, 1.82) is 0 Å². The Kier molecular flexibility index (Phi) is 2.89. The highest BCUT2D eigenvalue weighted by molar-refractivity contribution is 5.31. The van der Waals surface area contributed by atoms with E-state index >= 15 is 0 Å². The summed E-state index contributed by atoms with van der Waals surface area (Å²) < 4.78 is 0. The first-order valence-corrected chi connectivity index (χ1v) is 5.81. The van der Waals surface area contributed by atoms with Gasteiger partial charge < -0.3 is 5.32 Å². The number of anilines is 1. The Bertz CT molecular complexity index is 345. The van der Waals surface area contributed by atoms with Gasteiger partial charge in [0.05, 0.1) is 0 Å². The molecule has 1 heterocycles. The molecule has 0 amide bonds. The minimum atomic E-state index is 0.443. The summed E-state index contributed by atoms with van der Waals surface area (Å²) in [6.45, 7) is 6.35. The number of nitrogens with one attached hydrogen (secondary N) is 1. The molecule has 1 atom stereocenters. The van der Waals surface area contributed by atoms with Crippen LogP contribution in [0.4, 0.5) is 5.95 Å². The van der Waals surface area contributed by atoms with Gasteiger partial charge in [-0.15, -0.1) is 0 Å². The monoisotopic (exact) mass is 205 g/mol. The van der Waals surface area contributed by atoms with Gasteiger partial charge in [0.1, 0.15) is 0 Å². The summed E-state index contributed by atoms with van der Waals surface area (Å²) in [5.41, 5.74) is 2.28. The van der Waals surface area contributed by atoms with E-state index in [1.165, 1.54) is 18.5 Å². The quantitative estimate of drug-likeness (QED) is 0.821. The number of hydrogen-bond donors (Lipinski definition) is 1. The molecule has 3 heteroatoms. The maximum absolute atomic E-state index is 4.56. The molecule has 3 nitrogen and oxygen atoms in total. The molecule has 1 fully saturated rings. The fourth-order valence-electron chi connectivity index (χ4n) is 1.57. The van der Waals surface area contributed by atoms with Gasteiger partial charge in [0.2, 0.25) is 5.95 Å². The van der Waals surface area contributed by atoms with E-state index in [4.69, 9.17) is 0 Å². The lowest BCUT2D eigenvalue weighted by Gasteiger charge is -2.12. The fourth-order valence-corrected chi connectivity index (χ4v) is 1.57. The third kappa shape index (κ3) is 2.67. The molecule has 1 aromatic rings. The molecule has 0 saturated heterocycles. The second-order valence-electron chi connectivity index (χ2n) is 4.49. The van der Waals surface area contributed by atoms with E-state index in [-0.39, 0.29) is 0 Å². The number of aromatic nitrogens is 2. The van der Waals surface area contributed by atoms with Crippen molar-refractivity contribution in [3.05, 3.63) is 17.5 Å². The van der Waals surface area contributed by atoms with Crippen LogP contribution in [0.3, 0.4) is 0 Å². The summed E-state index contributed by atoms with van der Waals surface area (Å²) in [7, 11) is 0. The molecular weight excluding hydrogens is 186 g/mol. The zero-order valence-corrected chi connectivity index (χ0v) is 9.75. The van der Waals surface area contributed by atoms with E-state index in [0.29, 0.717) is 12.0 Å². The van der Waals surface area contributed by atoms with Crippen molar-refractivity contribution >= 4 is 5.95 Å². The van der Waals surface area contributed by atoms with Crippen LogP contribution in [0, 0.1) is 6.92 Å². The lowest BCUT2D eigenvalue weighted by Crippen LogP contribution is -2.16. The summed E-state index contributed by atoms with van der Waals surface area (Å²) in [6, 6.07) is 2.55. The highest BCUT2D eigenvalue weighted by Crippen LogP contribution is 2.39. The topological polar surface area (TPSA) is 37.8 Å². The molecule has 2 rings (SSSR count). The molecule has 82 valence electrons. The van der Waals surface area contributed by atoms with Crippen LogP contribution in [-0.2, 0) is 0 Å². The van der Waals surface area contributed by atoms with Crippen molar-refractivity contribution in [2.24, 2.45) is 0 Å². The molecule has 1 aromatic heterocycles. The van der Waals surface area contributed by atoms with Crippen LogP contribution in [0.2, 0.25) is 0 Å². The van der Waals surface area contributed by atoms with Gasteiger partial charge in [0, 0.05) is 23.3 Å². The Labute approximate surface area is 91.3 Å². The summed E-state index contributed by atoms with van der Waals surface area (Å²) >= 11 is 0. The first kappa shape index (κ1) is 10.4. The van der Waals surface area contributed by atoms with Gasteiger partial charge in [-0.05, 0) is 39.2 Å². The highest BCUT2D eigenvalue weighted by atomic mass is 15.1. The first-order valence-electron chi connectivity index (χ1n) is 5.81. The van der Waals surface area contributed by atoms with Crippen molar-refractivity contribution < 1.29 is 0 Å². The van der Waals surface area contributed by atoms with Crippen LogP contribution in [0.5, 0.6) is 0 Å². The van der Waals surface area contributed by atoms with Gasteiger partial charge in [-0.3, -0.25) is 0 Å². The van der Waals surface area contributed by atoms with Crippen LogP contribution in [0.1, 0.15) is 50.4 Å². The van der Waals surface area contributed by atoms with Gasteiger partial charge in [-0.1, -0.05) is 6.92 Å². The second-order valence-corrected chi connectivity index (χ2v) is 4.49. The third-order valence-corrected chi connectivity index (χ3v) is 2.86. The summed E-state index contributed by atoms with van der Waals surface area (Å²) in [4.78, 5) is 8.97. The Morgan fingerprint density at radius 2 is 2.20 bits per heavy atom. The Hall–Kier alpha value is -1.12. The first-order chi connectivity index (χ1) is 7.19. The normalized spacial score (nSPS) is 17.5. The maximum atomic E-state index is 4.56. The standard InChI is InChI=1S/C12H19N3/c1-4-8(2)13-12-14-9(3)7-11(15-12)10-5-6-10/h7-8,10H,4-6H2,1-3H3,(H,13,14,15). The smallest absolute Gasteiger partial charge is 0.223 e. The molecule has 1 N–H and O–H groups in total. The van der Waals surface area contributed by atoms with Crippen LogP contribution in [0.25, 0.3) is 0 Å². The van der Waals surface area contributed by atoms with E-state index in [2.05, 4.69) is 35.2 Å². The van der Waals surface area contributed by atoms with Gasteiger partial charge in [0.25, 0.3) is 0 Å². The highest BCUT2D eigenvalue weighted by Gasteiger charge is 2.25. The lowest BCUT2D eigenvalue weighted by molar-refractivity contribution is 0.748. The van der Waals surface area contributed by atoms with Gasteiger partial charge >= 0.3 is 0 Å². The Morgan fingerprint density at radius 3 is 2.80 bits per heavy atom. The molecule has 1 aliphatic carbocycles. The largest absolute Gasteiger partial charge is 0.352 e. The van der Waals surface area contributed by atoms with E-state index in [9.17, 15) is 0 Å². The molecule has 0 bridgehead atoms. The van der Waals surface area contributed by atoms with Crippen molar-refractivity contribution in [2.75, 3.05) is 5.32 Å². The minimum Gasteiger partial charge on any atom is -0.352 e. The molecule has 15 heavy (non-hydrogen) atoms. The SMILES string of the molecule is CCC(C)Nc1nc(C)cc(C2CC2)n1. The minimum absolute atomic E-state index is 0.443. The molecule has 1 unspecified atom stereocenters. The summed E-state index contributed by atoms with van der Waals surface area (Å²) in [5, 5.41) is 3.33. The van der Waals surface area contributed by atoms with Gasteiger partial charge in [-0.25, -0.2) is 9.97 Å². The number of aryl methyl sites for hydroxylation is 1. The lowest BCUT2D eigenvalue weighted by atomic mass is 10.2. The zero-order valence-electron chi connectivity index (χ0n) is 9.75. The van der Waals surface area contributed by atoms with Crippen molar-refractivity contribution in [3.8, 4) is 0 Å². The molecule has 0 spiro atoms. The van der Waals surface area contributed by atoms with Crippen molar-refractivity contribution in [3.63, 3.8) is 0 Å². The number of hydrogen-bond acceptors (Lipinski definition) is 3. The van der Waals surface area contributed by atoms with Crippen molar-refractivity contribution in [1.82, 2.24) is 9.97 Å². The molecular formula is C12H19N3.